The average Bonchev–Trinajstić information content (AvgIpc) is 1.95. The lowest BCUT2D eigenvalue weighted by atomic mass is 9.87. The van der Waals surface area contributed by atoms with Crippen LogP contribution in [0, 0.1) is 5.92 Å². The van der Waals surface area contributed by atoms with Gasteiger partial charge in [-0.05, 0) is 42.4 Å². The fraction of sp³-hybridized carbons (Fsp3) is 1.00. The second-order valence-electron chi connectivity index (χ2n) is 3.10. The zero-order valence-corrected chi connectivity index (χ0v) is 8.31. The molecular weight excluding hydrogens is 242 g/mol. The molecule has 0 N–H and O–H groups in total. The molecule has 1 saturated carbocycles. The van der Waals surface area contributed by atoms with Crippen LogP contribution in [0.5, 0.6) is 0 Å². The average molecular weight is 256 g/mol. The van der Waals surface area contributed by atoms with Crippen molar-refractivity contribution in [3.63, 3.8) is 0 Å². The normalized spacial score (nSPS) is 34.2. The predicted octanol–water partition coefficient (Wildman–Crippen LogP) is 3.34. The van der Waals surface area contributed by atoms with E-state index < -0.39 is 6.17 Å². The number of hydrogen-bond donors (Lipinski definition) is 0. The van der Waals surface area contributed by atoms with Gasteiger partial charge in [-0.1, -0.05) is 22.6 Å². The fourth-order valence-corrected chi connectivity index (χ4v) is 2.45. The Bertz CT molecular complexity index is 87.3. The highest BCUT2D eigenvalue weighted by Crippen LogP contribution is 2.28. The number of hydrogen-bond acceptors (Lipinski definition) is 0. The minimum absolute atomic E-state index is 0.481. The van der Waals surface area contributed by atoms with E-state index in [4.69, 9.17) is 0 Å². The monoisotopic (exact) mass is 256 g/mol. The lowest BCUT2D eigenvalue weighted by molar-refractivity contribution is 0.205. The Hall–Kier alpha value is 0.660. The van der Waals surface area contributed by atoms with E-state index in [1.54, 1.807) is 0 Å². The lowest BCUT2D eigenvalue weighted by Crippen LogP contribution is -2.15. The van der Waals surface area contributed by atoms with E-state index in [-0.39, 0.29) is 0 Å². The molecule has 1 aliphatic rings. The molecule has 0 aromatic rings. The van der Waals surface area contributed by atoms with Crippen LogP contribution < -0.4 is 0 Å². The Morgan fingerprint density at radius 2 is 1.80 bits per heavy atom. The van der Waals surface area contributed by atoms with Gasteiger partial charge in [-0.25, -0.2) is 4.39 Å². The molecule has 0 spiro atoms. The van der Waals surface area contributed by atoms with Crippen molar-refractivity contribution in [1.82, 2.24) is 0 Å². The first-order valence-electron chi connectivity index (χ1n) is 4.03. The molecule has 0 heterocycles. The third kappa shape index (κ3) is 2.72. The summed E-state index contributed by atoms with van der Waals surface area (Å²) in [5.74, 6) is 0.837. The molecule has 1 fully saturated rings. The van der Waals surface area contributed by atoms with Crippen molar-refractivity contribution in [1.29, 1.82) is 0 Å². The van der Waals surface area contributed by atoms with Gasteiger partial charge in [-0.3, -0.25) is 0 Å². The zero-order valence-electron chi connectivity index (χ0n) is 6.15. The van der Waals surface area contributed by atoms with Gasteiger partial charge in [0, 0.05) is 0 Å². The van der Waals surface area contributed by atoms with E-state index in [0.717, 1.165) is 31.6 Å². The van der Waals surface area contributed by atoms with Crippen molar-refractivity contribution >= 4 is 22.6 Å². The van der Waals surface area contributed by atoms with Crippen LogP contribution in [0.3, 0.4) is 0 Å². The summed E-state index contributed by atoms with van der Waals surface area (Å²) in [6.07, 6.45) is 4.72. The lowest BCUT2D eigenvalue weighted by Gasteiger charge is -2.23. The molecule has 0 nitrogen and oxygen atoms in total. The van der Waals surface area contributed by atoms with Crippen LogP contribution in [-0.2, 0) is 0 Å². The van der Waals surface area contributed by atoms with E-state index in [9.17, 15) is 4.39 Å². The molecule has 0 amide bonds. The van der Waals surface area contributed by atoms with Crippen LogP contribution in [0.15, 0.2) is 0 Å². The Kier molecular flexibility index (Phi) is 3.96. The molecular formula is C8H14FI. The first kappa shape index (κ1) is 8.75. The topological polar surface area (TPSA) is 0 Å². The van der Waals surface area contributed by atoms with E-state index in [2.05, 4.69) is 22.6 Å². The molecule has 0 saturated heterocycles. The largest absolute Gasteiger partial charge is 0.247 e. The summed E-state index contributed by atoms with van der Waals surface area (Å²) < 4.78 is 13.8. The number of halogens is 2. The fourth-order valence-electron chi connectivity index (χ4n) is 1.56. The highest BCUT2D eigenvalue weighted by Gasteiger charge is 2.19. The van der Waals surface area contributed by atoms with Crippen LogP contribution in [0.25, 0.3) is 0 Å². The van der Waals surface area contributed by atoms with Gasteiger partial charge in [-0.2, -0.15) is 0 Å². The molecule has 1 rings (SSSR count). The standard InChI is InChI=1S/C8H14FI/c9-8-3-1-7(2-4-8)5-6-10/h7-8H,1-6H2. The second kappa shape index (κ2) is 4.52. The molecule has 10 heavy (non-hydrogen) atoms. The van der Waals surface area contributed by atoms with Gasteiger partial charge in [0.05, 0.1) is 0 Å². The molecule has 2 heteroatoms. The highest BCUT2D eigenvalue weighted by molar-refractivity contribution is 14.1. The smallest absolute Gasteiger partial charge is 0.100 e. The van der Waals surface area contributed by atoms with Crippen molar-refractivity contribution in [2.24, 2.45) is 5.92 Å². The van der Waals surface area contributed by atoms with Crippen LogP contribution >= 0.6 is 22.6 Å². The number of rotatable bonds is 2. The van der Waals surface area contributed by atoms with Crippen LogP contribution in [0.1, 0.15) is 32.1 Å². The molecule has 1 aliphatic carbocycles. The Morgan fingerprint density at radius 1 is 1.20 bits per heavy atom. The van der Waals surface area contributed by atoms with Gasteiger partial charge in [0.15, 0.2) is 0 Å². The van der Waals surface area contributed by atoms with Gasteiger partial charge in [0.25, 0.3) is 0 Å². The SMILES string of the molecule is FC1CCC(CCI)CC1. The Morgan fingerprint density at radius 3 is 2.30 bits per heavy atom. The summed E-state index contributed by atoms with van der Waals surface area (Å²) in [6, 6.07) is 0. The van der Waals surface area contributed by atoms with E-state index in [0.29, 0.717) is 0 Å². The third-order valence-corrected chi connectivity index (χ3v) is 2.92. The maximum absolute atomic E-state index is 12.6. The van der Waals surface area contributed by atoms with E-state index in [1.807, 2.05) is 0 Å². The zero-order chi connectivity index (χ0) is 7.40. The third-order valence-electron chi connectivity index (χ3n) is 2.29. The summed E-state index contributed by atoms with van der Waals surface area (Å²) >= 11 is 2.40. The van der Waals surface area contributed by atoms with Gasteiger partial charge in [0.2, 0.25) is 0 Å². The van der Waals surface area contributed by atoms with Gasteiger partial charge in [0.1, 0.15) is 6.17 Å². The van der Waals surface area contributed by atoms with Crippen molar-refractivity contribution in [3.8, 4) is 0 Å². The first-order valence-corrected chi connectivity index (χ1v) is 5.55. The second-order valence-corrected chi connectivity index (χ2v) is 4.17. The van der Waals surface area contributed by atoms with Crippen LogP contribution in [0.2, 0.25) is 0 Å². The summed E-state index contributed by atoms with van der Waals surface area (Å²) in [7, 11) is 0. The van der Waals surface area contributed by atoms with Crippen molar-refractivity contribution in [2.45, 2.75) is 38.3 Å². The van der Waals surface area contributed by atoms with Crippen molar-refractivity contribution in [3.05, 3.63) is 0 Å². The van der Waals surface area contributed by atoms with Crippen molar-refractivity contribution < 1.29 is 4.39 Å². The minimum Gasteiger partial charge on any atom is -0.247 e. The molecule has 60 valence electrons. The summed E-state index contributed by atoms with van der Waals surface area (Å²) in [5.41, 5.74) is 0. The Balaban J connectivity index is 2.13. The van der Waals surface area contributed by atoms with Gasteiger partial charge >= 0.3 is 0 Å². The Labute approximate surface area is 75.7 Å². The first-order chi connectivity index (χ1) is 4.83. The van der Waals surface area contributed by atoms with Gasteiger partial charge < -0.3 is 0 Å². The quantitative estimate of drug-likeness (QED) is 0.525. The molecule has 0 radical (unpaired) electrons. The summed E-state index contributed by atoms with van der Waals surface area (Å²) in [6.45, 7) is 0. The summed E-state index contributed by atoms with van der Waals surface area (Å²) in [4.78, 5) is 0. The highest BCUT2D eigenvalue weighted by atomic mass is 127. The van der Waals surface area contributed by atoms with Gasteiger partial charge in [-0.15, -0.1) is 0 Å². The van der Waals surface area contributed by atoms with Crippen molar-refractivity contribution in [2.75, 3.05) is 4.43 Å². The molecule has 0 aromatic carbocycles. The molecule has 0 atom stereocenters. The predicted molar refractivity (Wildman–Crippen MR) is 50.4 cm³/mol. The molecule has 0 bridgehead atoms. The van der Waals surface area contributed by atoms with E-state index >= 15 is 0 Å². The van der Waals surface area contributed by atoms with Crippen LogP contribution in [0.4, 0.5) is 4.39 Å². The molecule has 0 unspecified atom stereocenters. The minimum atomic E-state index is -0.481. The van der Waals surface area contributed by atoms with Crippen LogP contribution in [-0.4, -0.2) is 10.6 Å². The number of alkyl halides is 2. The molecule has 0 aliphatic heterocycles. The summed E-state index contributed by atoms with van der Waals surface area (Å²) in [5, 5.41) is 0. The maximum atomic E-state index is 12.6. The van der Waals surface area contributed by atoms with E-state index in [1.165, 1.54) is 10.8 Å². The molecule has 0 aromatic heterocycles. The maximum Gasteiger partial charge on any atom is 0.100 e.